The summed E-state index contributed by atoms with van der Waals surface area (Å²) in [6, 6.07) is 59.2. The Morgan fingerprint density at radius 3 is 0.773 bits per heavy atom. The van der Waals surface area contributed by atoms with E-state index in [4.69, 9.17) is 0 Å². The minimum Gasteiger partial charge on any atom is -0.311 e. The van der Waals surface area contributed by atoms with Gasteiger partial charge in [0.05, 0.1) is 0 Å². The van der Waals surface area contributed by atoms with Crippen molar-refractivity contribution in [3.63, 3.8) is 0 Å². The van der Waals surface area contributed by atoms with E-state index in [1.165, 1.54) is 0 Å². The van der Waals surface area contributed by atoms with E-state index in [2.05, 4.69) is 192 Å². The maximum atomic E-state index is 2.27. The van der Waals surface area contributed by atoms with Crippen LogP contribution in [0.3, 0.4) is 0 Å². The van der Waals surface area contributed by atoms with Crippen LogP contribution in [-0.4, -0.2) is 0 Å². The van der Waals surface area contributed by atoms with Crippen molar-refractivity contribution in [1.82, 2.24) is 0 Å². The van der Waals surface area contributed by atoms with Crippen LogP contribution in [0.5, 0.6) is 0 Å². The lowest BCUT2D eigenvalue weighted by molar-refractivity contribution is 1.28. The van der Waals surface area contributed by atoms with Crippen molar-refractivity contribution in [2.75, 3.05) is 9.80 Å². The molecule has 0 saturated heterocycles. The van der Waals surface area contributed by atoms with Crippen LogP contribution in [0.2, 0.25) is 0 Å². The average molecular weight is 567 g/mol. The van der Waals surface area contributed by atoms with E-state index in [1.807, 2.05) is 24.3 Å². The Labute approximate surface area is 260 Å². The Morgan fingerprint density at radius 2 is 0.500 bits per heavy atom. The summed E-state index contributed by atoms with van der Waals surface area (Å²) in [7, 11) is 0. The monoisotopic (exact) mass is 566 g/mol. The predicted octanol–water partition coefficient (Wildman–Crippen LogP) is 11.9. The van der Waals surface area contributed by atoms with E-state index >= 15 is 0 Å². The van der Waals surface area contributed by atoms with Crippen LogP contribution in [0.1, 0.15) is 11.1 Å². The molecule has 0 aliphatic heterocycles. The molecule has 212 valence electrons. The summed E-state index contributed by atoms with van der Waals surface area (Å²) in [6.45, 7) is 0. The van der Waals surface area contributed by atoms with Gasteiger partial charge in [-0.25, -0.2) is 0 Å². The van der Waals surface area contributed by atoms with Crippen LogP contribution in [0.25, 0.3) is 12.2 Å². The Kier molecular flexibility index (Phi) is 9.22. The fourth-order valence-electron chi connectivity index (χ4n) is 5.13. The number of hydrogen-bond donors (Lipinski definition) is 0. The predicted molar refractivity (Wildman–Crippen MR) is 189 cm³/mol. The van der Waals surface area contributed by atoms with Gasteiger partial charge in [0.1, 0.15) is 0 Å². The summed E-state index contributed by atoms with van der Waals surface area (Å²) in [6.07, 6.45) is 12.5. The van der Waals surface area contributed by atoms with Crippen molar-refractivity contribution >= 4 is 46.3 Å². The number of nitrogens with zero attached hydrogens (tertiary/aromatic N) is 2. The van der Waals surface area contributed by atoms with Crippen LogP contribution >= 0.6 is 0 Å². The van der Waals surface area contributed by atoms with E-state index in [0.717, 1.165) is 45.3 Å². The first-order chi connectivity index (χ1) is 21.8. The van der Waals surface area contributed by atoms with E-state index in [9.17, 15) is 0 Å². The molecule has 6 aromatic rings. The van der Waals surface area contributed by atoms with Gasteiger partial charge in [0.2, 0.25) is 0 Å². The second kappa shape index (κ2) is 14.4. The molecule has 44 heavy (non-hydrogen) atoms. The molecule has 0 radical (unpaired) electrons. The zero-order valence-corrected chi connectivity index (χ0v) is 24.5. The fraction of sp³-hybridized carbons (Fsp3) is 0. The molecule has 0 saturated carbocycles. The van der Waals surface area contributed by atoms with Crippen molar-refractivity contribution in [3.8, 4) is 0 Å². The number of benzene rings is 6. The van der Waals surface area contributed by atoms with Gasteiger partial charge in [-0.1, -0.05) is 134 Å². The number of hydrogen-bond acceptors (Lipinski definition) is 2. The molecule has 0 aliphatic rings. The number of allylic oxidation sites excluding steroid dienone is 4. The molecule has 0 fully saturated rings. The van der Waals surface area contributed by atoms with E-state index in [-0.39, 0.29) is 0 Å². The highest BCUT2D eigenvalue weighted by molar-refractivity contribution is 5.78. The second-order valence-corrected chi connectivity index (χ2v) is 10.3. The van der Waals surface area contributed by atoms with Gasteiger partial charge < -0.3 is 9.80 Å². The third-order valence-electron chi connectivity index (χ3n) is 7.27. The molecule has 2 nitrogen and oxygen atoms in total. The quantitative estimate of drug-likeness (QED) is 0.152. The molecule has 0 bridgehead atoms. The normalized spacial score (nSPS) is 11.4. The molecule has 6 aromatic carbocycles. The van der Waals surface area contributed by atoms with Gasteiger partial charge in [0.15, 0.2) is 0 Å². The highest BCUT2D eigenvalue weighted by Crippen LogP contribution is 2.35. The molecule has 0 heterocycles. The van der Waals surface area contributed by atoms with E-state index < -0.39 is 0 Å². The van der Waals surface area contributed by atoms with Gasteiger partial charge in [0.25, 0.3) is 0 Å². The number of rotatable bonds is 10. The lowest BCUT2D eigenvalue weighted by Gasteiger charge is -2.25. The first-order valence-electron chi connectivity index (χ1n) is 14.9. The Bertz CT molecular complexity index is 1590. The van der Waals surface area contributed by atoms with E-state index in [0.29, 0.717) is 0 Å². The third kappa shape index (κ3) is 7.13. The van der Waals surface area contributed by atoms with Crippen molar-refractivity contribution in [2.45, 2.75) is 0 Å². The Morgan fingerprint density at radius 1 is 0.250 bits per heavy atom. The molecular formula is C42H34N2. The topological polar surface area (TPSA) is 6.48 Å². The fourth-order valence-corrected chi connectivity index (χ4v) is 5.13. The summed E-state index contributed by atoms with van der Waals surface area (Å²) in [5.41, 5.74) is 9.10. The van der Waals surface area contributed by atoms with Crippen molar-refractivity contribution < 1.29 is 0 Å². The van der Waals surface area contributed by atoms with Crippen LogP contribution in [-0.2, 0) is 0 Å². The van der Waals surface area contributed by atoms with Crippen molar-refractivity contribution in [3.05, 3.63) is 205 Å². The SMILES string of the molecule is C(=CC=Cc1ccc(N(c2ccccc2)c2ccccc2)cc1)C=Cc1ccc(N(c2ccccc2)c2ccccc2)cc1. The molecular weight excluding hydrogens is 532 g/mol. The third-order valence-corrected chi connectivity index (χ3v) is 7.27. The lowest BCUT2D eigenvalue weighted by Crippen LogP contribution is -2.09. The molecule has 6 rings (SSSR count). The van der Waals surface area contributed by atoms with Gasteiger partial charge in [-0.15, -0.1) is 0 Å². The summed E-state index contributed by atoms with van der Waals surface area (Å²) < 4.78 is 0. The second-order valence-electron chi connectivity index (χ2n) is 10.3. The van der Waals surface area contributed by atoms with Crippen molar-refractivity contribution in [2.24, 2.45) is 0 Å². The Hall–Kier alpha value is -5.86. The van der Waals surface area contributed by atoms with Crippen LogP contribution in [0.4, 0.5) is 34.1 Å². The zero-order valence-electron chi connectivity index (χ0n) is 24.5. The minimum absolute atomic E-state index is 1.12. The molecule has 0 unspecified atom stereocenters. The van der Waals surface area contributed by atoms with Gasteiger partial charge in [-0.3, -0.25) is 0 Å². The molecule has 0 aliphatic carbocycles. The Balaban J connectivity index is 1.10. The number of para-hydroxylation sites is 4. The molecule has 0 amide bonds. The van der Waals surface area contributed by atoms with Gasteiger partial charge in [0, 0.05) is 34.1 Å². The smallest absolute Gasteiger partial charge is 0.0462 e. The summed E-state index contributed by atoms with van der Waals surface area (Å²) >= 11 is 0. The largest absolute Gasteiger partial charge is 0.311 e. The average Bonchev–Trinajstić information content (AvgIpc) is 3.10. The van der Waals surface area contributed by atoms with Gasteiger partial charge in [-0.05, 0) is 83.9 Å². The van der Waals surface area contributed by atoms with Crippen LogP contribution in [0, 0.1) is 0 Å². The van der Waals surface area contributed by atoms with Gasteiger partial charge in [-0.2, -0.15) is 0 Å². The highest BCUT2D eigenvalue weighted by Gasteiger charge is 2.12. The first-order valence-corrected chi connectivity index (χ1v) is 14.9. The maximum Gasteiger partial charge on any atom is 0.0462 e. The molecule has 0 aromatic heterocycles. The minimum atomic E-state index is 1.12. The summed E-state index contributed by atoms with van der Waals surface area (Å²) in [4.78, 5) is 4.54. The summed E-state index contributed by atoms with van der Waals surface area (Å²) in [5.74, 6) is 0. The highest BCUT2D eigenvalue weighted by atomic mass is 15.1. The van der Waals surface area contributed by atoms with Crippen molar-refractivity contribution in [1.29, 1.82) is 0 Å². The first kappa shape index (κ1) is 28.3. The maximum absolute atomic E-state index is 2.27. The molecule has 2 heteroatoms. The molecule has 0 N–H and O–H groups in total. The van der Waals surface area contributed by atoms with E-state index in [1.54, 1.807) is 0 Å². The van der Waals surface area contributed by atoms with Gasteiger partial charge >= 0.3 is 0 Å². The van der Waals surface area contributed by atoms with Crippen LogP contribution < -0.4 is 9.80 Å². The summed E-state index contributed by atoms with van der Waals surface area (Å²) in [5, 5.41) is 0. The van der Waals surface area contributed by atoms with Crippen LogP contribution in [0.15, 0.2) is 194 Å². The number of anilines is 6. The zero-order chi connectivity index (χ0) is 29.8. The lowest BCUT2D eigenvalue weighted by atomic mass is 10.1. The molecule has 0 spiro atoms. The standard InChI is InChI=1S/C42H34N2/c1(7-17-35-27-31-41(32-28-35)43(37-19-9-3-10-20-37)38-21-11-4-12-22-38)2-8-18-36-29-33-42(34-30-36)44(39-23-13-5-14-24-39)40-25-15-6-16-26-40/h1-34H. The molecule has 0 atom stereocenters.